The molecule has 3 amide bonds. The molecule has 1 fully saturated rings. The van der Waals surface area contributed by atoms with Gasteiger partial charge in [-0.15, -0.1) is 0 Å². The van der Waals surface area contributed by atoms with E-state index in [2.05, 4.69) is 45.1 Å². The highest BCUT2D eigenvalue weighted by Crippen LogP contribution is 2.19. The molecule has 1 heterocycles. The van der Waals surface area contributed by atoms with Crippen LogP contribution < -0.4 is 20.9 Å². The third-order valence-corrected chi connectivity index (χ3v) is 5.41. The predicted octanol–water partition coefficient (Wildman–Crippen LogP) is 3.20. The van der Waals surface area contributed by atoms with Crippen molar-refractivity contribution in [2.75, 3.05) is 34.8 Å². The molecule has 28 heavy (non-hydrogen) atoms. The van der Waals surface area contributed by atoms with Crippen LogP contribution in [0.3, 0.4) is 0 Å². The molecule has 0 radical (unpaired) electrons. The Morgan fingerprint density at radius 1 is 0.964 bits per heavy atom. The number of hydrogen-bond donors (Lipinski definition) is 3. The molecule has 3 N–H and O–H groups in total. The van der Waals surface area contributed by atoms with E-state index in [0.717, 1.165) is 29.9 Å². The molecule has 7 heteroatoms. The molecule has 3 rings (SSSR count). The number of rotatable bonds is 6. The molecule has 0 aromatic heterocycles. The second-order valence-corrected chi connectivity index (χ2v) is 7.91. The van der Waals surface area contributed by atoms with E-state index < -0.39 is 0 Å². The Balaban J connectivity index is 1.43. The topological polar surface area (TPSA) is 73.5 Å². The first kappa shape index (κ1) is 20.1. The molecule has 2 aromatic carbocycles. The fraction of sp³-hybridized carbons (Fsp3) is 0.333. The van der Waals surface area contributed by atoms with E-state index >= 15 is 0 Å². The zero-order chi connectivity index (χ0) is 19.8. The second kappa shape index (κ2) is 10.0. The Labute approximate surface area is 170 Å². The van der Waals surface area contributed by atoms with E-state index in [1.807, 2.05) is 36.0 Å². The third-order valence-electron chi connectivity index (χ3n) is 4.47. The fourth-order valence-electron chi connectivity index (χ4n) is 3.04. The summed E-state index contributed by atoms with van der Waals surface area (Å²) in [5, 5.41) is 8.45. The number of carbonyl (C=O) groups is 2. The number of hydrogen-bond acceptors (Lipinski definition) is 4. The van der Waals surface area contributed by atoms with Gasteiger partial charge in [0, 0.05) is 56.0 Å². The largest absolute Gasteiger partial charge is 0.370 e. The van der Waals surface area contributed by atoms with E-state index in [-0.39, 0.29) is 11.9 Å². The minimum absolute atomic E-state index is 0.118. The van der Waals surface area contributed by atoms with Crippen LogP contribution in [0, 0.1) is 0 Å². The quantitative estimate of drug-likeness (QED) is 0.699. The van der Waals surface area contributed by atoms with Gasteiger partial charge in [0.15, 0.2) is 0 Å². The highest BCUT2D eigenvalue weighted by Gasteiger charge is 2.10. The Bertz CT molecular complexity index is 804. The van der Waals surface area contributed by atoms with Crippen LogP contribution in [0.15, 0.2) is 48.5 Å². The van der Waals surface area contributed by atoms with Gasteiger partial charge in [-0.1, -0.05) is 24.3 Å². The lowest BCUT2D eigenvalue weighted by molar-refractivity contribution is -0.114. The first-order valence-corrected chi connectivity index (χ1v) is 10.6. The summed E-state index contributed by atoms with van der Waals surface area (Å²) in [4.78, 5) is 25.6. The van der Waals surface area contributed by atoms with Crippen molar-refractivity contribution >= 4 is 35.1 Å². The van der Waals surface area contributed by atoms with Crippen LogP contribution in [-0.2, 0) is 17.9 Å². The molecule has 148 valence electrons. The van der Waals surface area contributed by atoms with Crippen molar-refractivity contribution in [3.05, 3.63) is 59.7 Å². The number of carbonyl (C=O) groups excluding carboxylic acids is 2. The molecule has 0 aliphatic carbocycles. The molecule has 0 unspecified atom stereocenters. The van der Waals surface area contributed by atoms with E-state index in [9.17, 15) is 9.59 Å². The Morgan fingerprint density at radius 2 is 1.64 bits per heavy atom. The zero-order valence-electron chi connectivity index (χ0n) is 16.0. The molecule has 2 aromatic rings. The maximum atomic E-state index is 12.1. The lowest BCUT2D eigenvalue weighted by Crippen LogP contribution is -2.34. The third kappa shape index (κ3) is 6.20. The standard InChI is InChI=1S/C21H26N4O2S/c1-16(26)24-19-4-2-3-18(13-19)15-23-21(27)22-14-17-5-7-20(8-6-17)25-9-11-28-12-10-25/h2-8,13H,9-12,14-15H2,1H3,(H,24,26)(H2,22,23,27). The number of thioether (sulfide) groups is 1. The van der Waals surface area contributed by atoms with Gasteiger partial charge < -0.3 is 20.9 Å². The number of nitrogens with zero attached hydrogens (tertiary/aromatic N) is 1. The first-order valence-electron chi connectivity index (χ1n) is 9.40. The Hall–Kier alpha value is -2.67. The van der Waals surface area contributed by atoms with Crippen molar-refractivity contribution in [1.82, 2.24) is 10.6 Å². The Kier molecular flexibility index (Phi) is 7.19. The van der Waals surface area contributed by atoms with Crippen molar-refractivity contribution in [3.8, 4) is 0 Å². The van der Waals surface area contributed by atoms with E-state index in [1.54, 1.807) is 0 Å². The minimum atomic E-state index is -0.220. The minimum Gasteiger partial charge on any atom is -0.370 e. The average molecular weight is 399 g/mol. The smallest absolute Gasteiger partial charge is 0.315 e. The van der Waals surface area contributed by atoms with Crippen LogP contribution in [0.5, 0.6) is 0 Å². The van der Waals surface area contributed by atoms with E-state index in [0.29, 0.717) is 13.1 Å². The van der Waals surface area contributed by atoms with Crippen molar-refractivity contribution in [2.24, 2.45) is 0 Å². The molecule has 0 saturated carbocycles. The zero-order valence-corrected chi connectivity index (χ0v) is 16.8. The Morgan fingerprint density at radius 3 is 2.32 bits per heavy atom. The second-order valence-electron chi connectivity index (χ2n) is 6.68. The van der Waals surface area contributed by atoms with Crippen LogP contribution in [-0.4, -0.2) is 36.5 Å². The van der Waals surface area contributed by atoms with Gasteiger partial charge in [-0.3, -0.25) is 4.79 Å². The number of urea groups is 1. The van der Waals surface area contributed by atoms with Gasteiger partial charge in [-0.25, -0.2) is 4.79 Å². The predicted molar refractivity (Wildman–Crippen MR) is 116 cm³/mol. The molecule has 1 aliphatic heterocycles. The normalized spacial score (nSPS) is 13.7. The summed E-state index contributed by atoms with van der Waals surface area (Å²) in [6.07, 6.45) is 0. The maximum Gasteiger partial charge on any atom is 0.315 e. The maximum absolute atomic E-state index is 12.1. The lowest BCUT2D eigenvalue weighted by Gasteiger charge is -2.28. The van der Waals surface area contributed by atoms with Gasteiger partial charge in [0.1, 0.15) is 0 Å². The molecule has 6 nitrogen and oxygen atoms in total. The number of benzene rings is 2. The van der Waals surface area contributed by atoms with Crippen molar-refractivity contribution in [1.29, 1.82) is 0 Å². The molecular weight excluding hydrogens is 372 g/mol. The SMILES string of the molecule is CC(=O)Nc1cccc(CNC(=O)NCc2ccc(N3CCSCC3)cc2)c1. The summed E-state index contributed by atoms with van der Waals surface area (Å²) in [6, 6.07) is 15.6. The summed E-state index contributed by atoms with van der Waals surface area (Å²) in [5.41, 5.74) is 3.95. The highest BCUT2D eigenvalue weighted by atomic mass is 32.2. The monoisotopic (exact) mass is 398 g/mol. The van der Waals surface area contributed by atoms with Crippen LogP contribution in [0.25, 0.3) is 0 Å². The summed E-state index contributed by atoms with van der Waals surface area (Å²) in [6.45, 7) is 4.52. The van der Waals surface area contributed by atoms with Gasteiger partial charge in [0.2, 0.25) is 5.91 Å². The molecular formula is C21H26N4O2S. The van der Waals surface area contributed by atoms with Crippen LogP contribution >= 0.6 is 11.8 Å². The van der Waals surface area contributed by atoms with Gasteiger partial charge in [-0.05, 0) is 35.4 Å². The molecule has 0 atom stereocenters. The van der Waals surface area contributed by atoms with Crippen LogP contribution in [0.4, 0.5) is 16.2 Å². The van der Waals surface area contributed by atoms with Crippen molar-refractivity contribution < 1.29 is 9.59 Å². The summed E-state index contributed by atoms with van der Waals surface area (Å²) in [5.74, 6) is 2.24. The van der Waals surface area contributed by atoms with Gasteiger partial charge in [-0.2, -0.15) is 11.8 Å². The number of nitrogens with one attached hydrogen (secondary N) is 3. The van der Waals surface area contributed by atoms with Crippen molar-refractivity contribution in [2.45, 2.75) is 20.0 Å². The van der Waals surface area contributed by atoms with Crippen molar-refractivity contribution in [3.63, 3.8) is 0 Å². The first-order chi connectivity index (χ1) is 13.6. The van der Waals surface area contributed by atoms with E-state index in [1.165, 1.54) is 24.1 Å². The summed E-state index contributed by atoms with van der Waals surface area (Å²) in [7, 11) is 0. The van der Waals surface area contributed by atoms with Gasteiger partial charge >= 0.3 is 6.03 Å². The van der Waals surface area contributed by atoms with Crippen LogP contribution in [0.1, 0.15) is 18.1 Å². The molecule has 0 spiro atoms. The van der Waals surface area contributed by atoms with Gasteiger partial charge in [0.05, 0.1) is 0 Å². The fourth-order valence-corrected chi connectivity index (χ4v) is 3.94. The lowest BCUT2D eigenvalue weighted by atomic mass is 10.2. The molecule has 1 aliphatic rings. The van der Waals surface area contributed by atoms with Gasteiger partial charge in [0.25, 0.3) is 0 Å². The molecule has 0 bridgehead atoms. The van der Waals surface area contributed by atoms with Crippen LogP contribution in [0.2, 0.25) is 0 Å². The summed E-state index contributed by atoms with van der Waals surface area (Å²) >= 11 is 2.00. The number of amides is 3. The average Bonchev–Trinajstić information content (AvgIpc) is 2.71. The summed E-state index contributed by atoms with van der Waals surface area (Å²) < 4.78 is 0. The van der Waals surface area contributed by atoms with E-state index in [4.69, 9.17) is 0 Å². The number of anilines is 2. The highest BCUT2D eigenvalue weighted by molar-refractivity contribution is 7.99. The molecule has 1 saturated heterocycles.